The number of hydrogen-bond donors (Lipinski definition) is 0. The maximum absolute atomic E-state index is 12.1. The topological polar surface area (TPSA) is 37.4 Å². The fourth-order valence-electron chi connectivity index (χ4n) is 3.31. The van der Waals surface area contributed by atoms with E-state index in [0.717, 1.165) is 25.9 Å². The summed E-state index contributed by atoms with van der Waals surface area (Å²) >= 11 is 0. The van der Waals surface area contributed by atoms with Gasteiger partial charge in [0.1, 0.15) is 0 Å². The summed E-state index contributed by atoms with van der Waals surface area (Å²) in [5.41, 5.74) is 0.487. The zero-order valence-corrected chi connectivity index (χ0v) is 11.9. The third kappa shape index (κ3) is 2.68. The lowest BCUT2D eigenvalue weighted by molar-refractivity contribution is 0.102. The molecule has 0 radical (unpaired) electrons. The van der Waals surface area contributed by atoms with Crippen LogP contribution >= 0.6 is 0 Å². The molecule has 0 aromatic carbocycles. The number of piperidine rings is 1. The van der Waals surface area contributed by atoms with Crippen molar-refractivity contribution in [3.05, 3.63) is 0 Å². The van der Waals surface area contributed by atoms with E-state index in [2.05, 4.69) is 0 Å². The minimum absolute atomic E-state index is 0.275. The molecule has 0 unspecified atom stereocenters. The summed E-state index contributed by atoms with van der Waals surface area (Å²) in [7, 11) is -3.02. The molecule has 0 atom stereocenters. The highest BCUT2D eigenvalue weighted by Gasteiger charge is 2.39. The normalized spacial score (nSPS) is 26.5. The van der Waals surface area contributed by atoms with Gasteiger partial charge in [0, 0.05) is 13.1 Å². The Kier molecular flexibility index (Phi) is 3.83. The first-order valence-electron chi connectivity index (χ1n) is 6.95. The van der Waals surface area contributed by atoms with Crippen LogP contribution in [0.5, 0.6) is 0 Å². The molecular weight excluding hydrogens is 234 g/mol. The molecular formula is C13H25NO2S. The van der Waals surface area contributed by atoms with Crippen LogP contribution in [0.25, 0.3) is 0 Å². The van der Waals surface area contributed by atoms with E-state index in [9.17, 15) is 8.42 Å². The molecule has 1 saturated carbocycles. The van der Waals surface area contributed by atoms with Crippen LogP contribution in [0.3, 0.4) is 0 Å². The van der Waals surface area contributed by atoms with E-state index in [1.165, 1.54) is 32.1 Å². The Morgan fingerprint density at radius 1 is 0.941 bits per heavy atom. The first-order chi connectivity index (χ1) is 7.96. The van der Waals surface area contributed by atoms with Crippen LogP contribution in [0.4, 0.5) is 0 Å². The van der Waals surface area contributed by atoms with Crippen molar-refractivity contribution in [2.24, 2.45) is 5.41 Å². The third-order valence-corrected chi connectivity index (χ3v) is 6.93. The summed E-state index contributed by atoms with van der Waals surface area (Å²) in [6.07, 6.45) is 8.87. The first kappa shape index (κ1) is 13.3. The van der Waals surface area contributed by atoms with Gasteiger partial charge in [-0.15, -0.1) is 0 Å². The molecule has 0 aromatic heterocycles. The summed E-state index contributed by atoms with van der Waals surface area (Å²) in [4.78, 5) is 0. The Morgan fingerprint density at radius 3 is 1.94 bits per heavy atom. The Hall–Kier alpha value is -0.0900. The molecule has 2 aliphatic rings. The lowest BCUT2D eigenvalue weighted by atomic mass is 9.68. The van der Waals surface area contributed by atoms with Gasteiger partial charge in [-0.05, 0) is 44.9 Å². The minimum atomic E-state index is -3.02. The number of rotatable bonds is 2. The molecule has 2 fully saturated rings. The first-order valence-corrected chi connectivity index (χ1v) is 8.46. The Balaban J connectivity index is 1.98. The van der Waals surface area contributed by atoms with Gasteiger partial charge in [0.15, 0.2) is 0 Å². The summed E-state index contributed by atoms with van der Waals surface area (Å²) in [5, 5.41) is -0.275. The predicted molar refractivity (Wildman–Crippen MR) is 70.4 cm³/mol. The van der Waals surface area contributed by atoms with Gasteiger partial charge in [-0.3, -0.25) is 0 Å². The molecule has 17 heavy (non-hydrogen) atoms. The van der Waals surface area contributed by atoms with Crippen LogP contribution in [-0.4, -0.2) is 31.1 Å². The minimum Gasteiger partial charge on any atom is -0.212 e. The number of hydrogen-bond acceptors (Lipinski definition) is 2. The zero-order chi connectivity index (χ0) is 12.5. The van der Waals surface area contributed by atoms with Crippen molar-refractivity contribution in [2.75, 3.05) is 13.1 Å². The highest BCUT2D eigenvalue weighted by molar-refractivity contribution is 7.89. The van der Waals surface area contributed by atoms with E-state index in [-0.39, 0.29) is 5.25 Å². The summed E-state index contributed by atoms with van der Waals surface area (Å²) in [6, 6.07) is 0. The van der Waals surface area contributed by atoms with Crippen LogP contribution in [-0.2, 0) is 10.0 Å². The van der Waals surface area contributed by atoms with Crippen LogP contribution in [0.2, 0.25) is 0 Å². The van der Waals surface area contributed by atoms with Crippen molar-refractivity contribution in [3.63, 3.8) is 0 Å². The Bertz CT molecular complexity index is 346. The monoisotopic (exact) mass is 259 g/mol. The van der Waals surface area contributed by atoms with Crippen molar-refractivity contribution < 1.29 is 8.42 Å². The summed E-state index contributed by atoms with van der Waals surface area (Å²) < 4.78 is 25.9. The fourth-order valence-corrected chi connectivity index (χ4v) is 4.60. The van der Waals surface area contributed by atoms with Gasteiger partial charge in [0.05, 0.1) is 5.25 Å². The molecule has 0 amide bonds. The van der Waals surface area contributed by atoms with Crippen LogP contribution in [0.1, 0.15) is 58.8 Å². The lowest BCUT2D eigenvalue weighted by Crippen LogP contribution is -2.46. The maximum atomic E-state index is 12.1. The molecule has 3 nitrogen and oxygen atoms in total. The highest BCUT2D eigenvalue weighted by Crippen LogP contribution is 2.44. The third-order valence-electron chi connectivity index (χ3n) is 4.65. The Morgan fingerprint density at radius 2 is 1.47 bits per heavy atom. The van der Waals surface area contributed by atoms with Gasteiger partial charge in [-0.2, -0.15) is 0 Å². The average molecular weight is 259 g/mol. The van der Waals surface area contributed by atoms with Gasteiger partial charge in [-0.1, -0.05) is 19.3 Å². The van der Waals surface area contributed by atoms with Crippen molar-refractivity contribution in [1.82, 2.24) is 4.31 Å². The molecule has 0 bridgehead atoms. The molecule has 0 N–H and O–H groups in total. The molecule has 1 heterocycles. The number of sulfonamides is 1. The van der Waals surface area contributed by atoms with Crippen molar-refractivity contribution in [2.45, 2.75) is 64.0 Å². The van der Waals surface area contributed by atoms with Crippen molar-refractivity contribution in [3.8, 4) is 0 Å². The second-order valence-corrected chi connectivity index (χ2v) is 8.54. The molecule has 1 saturated heterocycles. The van der Waals surface area contributed by atoms with Gasteiger partial charge >= 0.3 is 0 Å². The van der Waals surface area contributed by atoms with E-state index in [1.807, 2.05) is 0 Å². The largest absolute Gasteiger partial charge is 0.216 e. The van der Waals surface area contributed by atoms with Crippen LogP contribution < -0.4 is 0 Å². The number of nitrogens with zero attached hydrogens (tertiary/aromatic N) is 1. The van der Waals surface area contributed by atoms with E-state index in [4.69, 9.17) is 0 Å². The molecule has 1 aliphatic carbocycles. The smallest absolute Gasteiger partial charge is 0.212 e. The average Bonchev–Trinajstić information content (AvgIpc) is 2.30. The molecule has 0 aromatic rings. The van der Waals surface area contributed by atoms with Crippen LogP contribution in [0, 0.1) is 5.41 Å². The SMILES string of the molecule is CC(C)S(=O)(=O)N1CCC2(CCCCC2)CC1. The standard InChI is InChI=1S/C13H25NO2S/c1-12(2)17(15,16)14-10-8-13(9-11-14)6-4-3-5-7-13/h12H,3-11H2,1-2H3. The van der Waals surface area contributed by atoms with E-state index < -0.39 is 10.0 Å². The molecule has 1 spiro atoms. The van der Waals surface area contributed by atoms with Gasteiger partial charge < -0.3 is 0 Å². The summed E-state index contributed by atoms with van der Waals surface area (Å²) in [6.45, 7) is 5.06. The molecule has 2 rings (SSSR count). The maximum Gasteiger partial charge on any atom is 0.216 e. The molecule has 100 valence electrons. The second-order valence-electron chi connectivity index (χ2n) is 6.05. The quantitative estimate of drug-likeness (QED) is 0.764. The van der Waals surface area contributed by atoms with Gasteiger partial charge in [-0.25, -0.2) is 12.7 Å². The molecule has 4 heteroatoms. The van der Waals surface area contributed by atoms with Gasteiger partial charge in [0.25, 0.3) is 0 Å². The molecule has 1 aliphatic heterocycles. The van der Waals surface area contributed by atoms with E-state index in [0.29, 0.717) is 5.41 Å². The lowest BCUT2D eigenvalue weighted by Gasteiger charge is -2.44. The fraction of sp³-hybridized carbons (Fsp3) is 1.00. The van der Waals surface area contributed by atoms with Crippen molar-refractivity contribution >= 4 is 10.0 Å². The summed E-state index contributed by atoms with van der Waals surface area (Å²) in [5.74, 6) is 0. The second kappa shape index (κ2) is 4.88. The Labute approximate surface area is 106 Å². The van der Waals surface area contributed by atoms with Crippen LogP contribution in [0.15, 0.2) is 0 Å². The van der Waals surface area contributed by atoms with Gasteiger partial charge in [0.2, 0.25) is 10.0 Å². The van der Waals surface area contributed by atoms with Crippen molar-refractivity contribution in [1.29, 1.82) is 0 Å². The van der Waals surface area contributed by atoms with E-state index in [1.54, 1.807) is 18.2 Å². The zero-order valence-electron chi connectivity index (χ0n) is 11.1. The van der Waals surface area contributed by atoms with E-state index >= 15 is 0 Å². The highest BCUT2D eigenvalue weighted by atomic mass is 32.2. The predicted octanol–water partition coefficient (Wildman–Crippen LogP) is 2.77.